The average molecular weight is 428 g/mol. The van der Waals surface area contributed by atoms with E-state index < -0.39 is 6.61 Å². The van der Waals surface area contributed by atoms with Crippen LogP contribution in [0.5, 0.6) is 5.75 Å². The SMILES string of the molecule is Cc1noc([C@@H]2CCCN(C(=O)c3ccccc3Nc3ccc(OC(F)F)cc3)C2)n1. The highest BCUT2D eigenvalue weighted by Gasteiger charge is 2.29. The first-order valence-corrected chi connectivity index (χ1v) is 10.00. The lowest BCUT2D eigenvalue weighted by Crippen LogP contribution is -2.39. The van der Waals surface area contributed by atoms with Gasteiger partial charge in [0.2, 0.25) is 5.89 Å². The number of benzene rings is 2. The molecule has 162 valence electrons. The molecule has 7 nitrogen and oxygen atoms in total. The number of aryl methyl sites for hydroxylation is 1. The number of rotatable bonds is 6. The van der Waals surface area contributed by atoms with Gasteiger partial charge in [-0.2, -0.15) is 13.8 Å². The van der Waals surface area contributed by atoms with Crippen molar-refractivity contribution in [1.82, 2.24) is 15.0 Å². The number of para-hydroxylation sites is 1. The number of anilines is 2. The van der Waals surface area contributed by atoms with Crippen molar-refractivity contribution in [2.45, 2.75) is 32.3 Å². The Bertz CT molecular complexity index is 1040. The summed E-state index contributed by atoms with van der Waals surface area (Å²) in [5.74, 6) is 1.13. The third kappa shape index (κ3) is 4.99. The number of ether oxygens (including phenoxy) is 1. The molecule has 0 aliphatic carbocycles. The molecule has 1 aliphatic rings. The average Bonchev–Trinajstić information content (AvgIpc) is 3.21. The van der Waals surface area contributed by atoms with Gasteiger partial charge >= 0.3 is 6.61 Å². The van der Waals surface area contributed by atoms with Gasteiger partial charge in [-0.05, 0) is 56.2 Å². The van der Waals surface area contributed by atoms with Crippen LogP contribution in [-0.4, -0.2) is 40.6 Å². The number of hydrogen-bond acceptors (Lipinski definition) is 6. The third-order valence-electron chi connectivity index (χ3n) is 5.12. The van der Waals surface area contributed by atoms with Gasteiger partial charge in [-0.3, -0.25) is 4.79 Å². The van der Waals surface area contributed by atoms with E-state index in [1.165, 1.54) is 12.1 Å². The van der Waals surface area contributed by atoms with Crippen LogP contribution in [-0.2, 0) is 0 Å². The summed E-state index contributed by atoms with van der Waals surface area (Å²) >= 11 is 0. The molecule has 1 aromatic heterocycles. The fourth-order valence-corrected chi connectivity index (χ4v) is 3.67. The van der Waals surface area contributed by atoms with Crippen molar-refractivity contribution >= 4 is 17.3 Å². The summed E-state index contributed by atoms with van der Waals surface area (Å²) in [5, 5.41) is 7.04. The Morgan fingerprint density at radius 3 is 2.71 bits per heavy atom. The molecule has 1 aliphatic heterocycles. The molecule has 1 amide bonds. The molecule has 3 aromatic rings. The Labute approximate surface area is 178 Å². The molecule has 31 heavy (non-hydrogen) atoms. The number of hydrogen-bond donors (Lipinski definition) is 1. The first-order valence-electron chi connectivity index (χ1n) is 10.00. The van der Waals surface area contributed by atoms with Crippen LogP contribution in [0.4, 0.5) is 20.2 Å². The molecule has 1 saturated heterocycles. The molecule has 0 bridgehead atoms. The van der Waals surface area contributed by atoms with Crippen LogP contribution < -0.4 is 10.1 Å². The Morgan fingerprint density at radius 1 is 1.23 bits per heavy atom. The van der Waals surface area contributed by atoms with Crippen molar-refractivity contribution in [3.05, 3.63) is 65.8 Å². The lowest BCUT2D eigenvalue weighted by atomic mass is 9.97. The van der Waals surface area contributed by atoms with E-state index in [0.717, 1.165) is 12.8 Å². The van der Waals surface area contributed by atoms with Crippen LogP contribution in [0.3, 0.4) is 0 Å². The minimum Gasteiger partial charge on any atom is -0.435 e. The number of alkyl halides is 2. The maximum Gasteiger partial charge on any atom is 0.387 e. The van der Waals surface area contributed by atoms with E-state index in [1.54, 1.807) is 42.2 Å². The monoisotopic (exact) mass is 428 g/mol. The maximum absolute atomic E-state index is 13.3. The summed E-state index contributed by atoms with van der Waals surface area (Å²) in [7, 11) is 0. The normalized spacial score (nSPS) is 16.4. The zero-order valence-corrected chi connectivity index (χ0v) is 16.9. The van der Waals surface area contributed by atoms with Gasteiger partial charge in [0.25, 0.3) is 5.91 Å². The number of likely N-dealkylation sites (tertiary alicyclic amines) is 1. The zero-order chi connectivity index (χ0) is 21.8. The molecule has 4 rings (SSSR count). The van der Waals surface area contributed by atoms with Crippen LogP contribution in [0.25, 0.3) is 0 Å². The highest BCUT2D eigenvalue weighted by molar-refractivity contribution is 6.00. The van der Waals surface area contributed by atoms with Crippen molar-refractivity contribution in [2.24, 2.45) is 0 Å². The van der Waals surface area contributed by atoms with Gasteiger partial charge in [-0.15, -0.1) is 0 Å². The van der Waals surface area contributed by atoms with Crippen molar-refractivity contribution < 1.29 is 22.8 Å². The summed E-state index contributed by atoms with van der Waals surface area (Å²) in [6, 6.07) is 13.3. The number of nitrogens with zero attached hydrogens (tertiary/aromatic N) is 3. The van der Waals surface area contributed by atoms with Crippen molar-refractivity contribution in [3.63, 3.8) is 0 Å². The topological polar surface area (TPSA) is 80.5 Å². The second-order valence-corrected chi connectivity index (χ2v) is 7.34. The molecule has 0 unspecified atom stereocenters. The van der Waals surface area contributed by atoms with E-state index in [9.17, 15) is 13.6 Å². The van der Waals surface area contributed by atoms with Gasteiger partial charge in [0.1, 0.15) is 5.75 Å². The Kier molecular flexibility index (Phi) is 6.11. The lowest BCUT2D eigenvalue weighted by Gasteiger charge is -2.31. The summed E-state index contributed by atoms with van der Waals surface area (Å²) in [5.41, 5.74) is 1.81. The minimum absolute atomic E-state index is 0.0152. The molecule has 9 heteroatoms. The third-order valence-corrected chi connectivity index (χ3v) is 5.12. The van der Waals surface area contributed by atoms with E-state index in [1.807, 2.05) is 6.07 Å². The number of carbonyl (C=O) groups is 1. The van der Waals surface area contributed by atoms with E-state index in [-0.39, 0.29) is 17.6 Å². The van der Waals surface area contributed by atoms with E-state index >= 15 is 0 Å². The van der Waals surface area contributed by atoms with Crippen molar-refractivity contribution in [3.8, 4) is 5.75 Å². The Morgan fingerprint density at radius 2 is 2.00 bits per heavy atom. The molecule has 2 heterocycles. The summed E-state index contributed by atoms with van der Waals surface area (Å²) in [6.07, 6.45) is 1.73. The standard InChI is InChI=1S/C22H22F2N4O3/c1-14-25-20(31-27-14)15-5-4-12-28(13-15)21(29)18-6-2-3-7-19(18)26-16-8-10-17(11-9-16)30-22(23)24/h2-3,6-11,15,22,26H,4-5,12-13H2,1H3/t15-/m1/s1. The van der Waals surface area contributed by atoms with Crippen LogP contribution in [0, 0.1) is 6.92 Å². The molecule has 0 radical (unpaired) electrons. The summed E-state index contributed by atoms with van der Waals surface area (Å²) in [4.78, 5) is 19.4. The van der Waals surface area contributed by atoms with Gasteiger partial charge in [-0.25, -0.2) is 0 Å². The van der Waals surface area contributed by atoms with Crippen LogP contribution in [0.2, 0.25) is 0 Å². The maximum atomic E-state index is 13.3. The number of aromatic nitrogens is 2. The predicted molar refractivity (Wildman–Crippen MR) is 110 cm³/mol. The molecule has 0 saturated carbocycles. The smallest absolute Gasteiger partial charge is 0.387 e. The van der Waals surface area contributed by atoms with Crippen molar-refractivity contribution in [2.75, 3.05) is 18.4 Å². The molecular weight excluding hydrogens is 406 g/mol. The molecule has 2 aromatic carbocycles. The number of carbonyl (C=O) groups excluding carboxylic acids is 1. The number of halogens is 2. The fraction of sp³-hybridized carbons (Fsp3) is 0.318. The molecule has 1 N–H and O–H groups in total. The summed E-state index contributed by atoms with van der Waals surface area (Å²) < 4.78 is 34.3. The Balaban J connectivity index is 1.49. The number of piperidine rings is 1. The number of nitrogens with one attached hydrogen (secondary N) is 1. The van der Waals surface area contributed by atoms with Gasteiger partial charge < -0.3 is 19.5 Å². The molecule has 1 atom stereocenters. The molecular formula is C22H22F2N4O3. The Hall–Kier alpha value is -3.49. The van der Waals surface area contributed by atoms with Crippen LogP contribution in [0.1, 0.15) is 40.8 Å². The van der Waals surface area contributed by atoms with Gasteiger partial charge in [0, 0.05) is 18.8 Å². The first kappa shape index (κ1) is 20.8. The predicted octanol–water partition coefficient (Wildman–Crippen LogP) is 4.74. The van der Waals surface area contributed by atoms with E-state index in [0.29, 0.717) is 41.7 Å². The fourth-order valence-electron chi connectivity index (χ4n) is 3.67. The largest absolute Gasteiger partial charge is 0.435 e. The lowest BCUT2D eigenvalue weighted by molar-refractivity contribution is -0.0498. The quantitative estimate of drug-likeness (QED) is 0.611. The van der Waals surface area contributed by atoms with Gasteiger partial charge in [-0.1, -0.05) is 17.3 Å². The van der Waals surface area contributed by atoms with Crippen molar-refractivity contribution in [1.29, 1.82) is 0 Å². The van der Waals surface area contributed by atoms with Crippen LogP contribution in [0.15, 0.2) is 53.1 Å². The number of amides is 1. The van der Waals surface area contributed by atoms with Crippen LogP contribution >= 0.6 is 0 Å². The van der Waals surface area contributed by atoms with Gasteiger partial charge in [0.15, 0.2) is 5.82 Å². The molecule has 1 fully saturated rings. The van der Waals surface area contributed by atoms with Gasteiger partial charge in [0.05, 0.1) is 17.2 Å². The highest BCUT2D eigenvalue weighted by Crippen LogP contribution is 2.29. The van der Waals surface area contributed by atoms with E-state index in [4.69, 9.17) is 4.52 Å². The second kappa shape index (κ2) is 9.11. The second-order valence-electron chi connectivity index (χ2n) is 7.34. The van der Waals surface area contributed by atoms with E-state index in [2.05, 4.69) is 20.2 Å². The minimum atomic E-state index is -2.87. The molecule has 0 spiro atoms. The zero-order valence-electron chi connectivity index (χ0n) is 16.9. The first-order chi connectivity index (χ1) is 15.0. The summed E-state index contributed by atoms with van der Waals surface area (Å²) in [6.45, 7) is 0.0548. The highest BCUT2D eigenvalue weighted by atomic mass is 19.3.